The number of carboxylic acid groups (broad SMARTS) is 1. The smallest absolute Gasteiger partial charge is 0.307 e. The number of unbranched alkanes of at least 4 members (excludes halogenated alkanes) is 2. The molecule has 1 saturated carbocycles. The lowest BCUT2D eigenvalue weighted by Crippen LogP contribution is -2.40. The average Bonchev–Trinajstić information content (AvgIpc) is 2.66. The van der Waals surface area contributed by atoms with Gasteiger partial charge in [-0.25, -0.2) is 0 Å². The Balaban J connectivity index is 2.52. The highest BCUT2D eigenvalue weighted by Crippen LogP contribution is 2.23. The molecule has 1 atom stereocenters. The van der Waals surface area contributed by atoms with E-state index in [4.69, 9.17) is 5.11 Å². The van der Waals surface area contributed by atoms with Crippen molar-refractivity contribution in [2.45, 2.75) is 77.7 Å². The van der Waals surface area contributed by atoms with E-state index in [1.807, 2.05) is 6.92 Å². The topological polar surface area (TPSA) is 40.5 Å². The molecule has 3 heteroatoms. The standard InChI is InChI=1S/C16H31NO2/c1-3-4-9-12-17(13-14(2)16(18)19)15-10-7-5-6-8-11-15/h14-15H,3-13H2,1-2H3,(H,18,19). The third-order valence-corrected chi connectivity index (χ3v) is 4.32. The zero-order valence-corrected chi connectivity index (χ0v) is 12.7. The van der Waals surface area contributed by atoms with Gasteiger partial charge in [0, 0.05) is 12.6 Å². The van der Waals surface area contributed by atoms with E-state index in [1.54, 1.807) is 0 Å². The molecule has 0 aromatic carbocycles. The molecule has 19 heavy (non-hydrogen) atoms. The average molecular weight is 269 g/mol. The van der Waals surface area contributed by atoms with Crippen molar-refractivity contribution in [1.82, 2.24) is 4.90 Å². The first-order valence-corrected chi connectivity index (χ1v) is 8.12. The Morgan fingerprint density at radius 3 is 2.37 bits per heavy atom. The van der Waals surface area contributed by atoms with Crippen molar-refractivity contribution in [3.8, 4) is 0 Å². The monoisotopic (exact) mass is 269 g/mol. The summed E-state index contributed by atoms with van der Waals surface area (Å²) in [6, 6.07) is 0.626. The molecule has 0 amide bonds. The second-order valence-corrected chi connectivity index (χ2v) is 6.09. The first-order chi connectivity index (χ1) is 9.15. The molecule has 1 unspecified atom stereocenters. The van der Waals surface area contributed by atoms with Crippen molar-refractivity contribution < 1.29 is 9.90 Å². The molecular formula is C16H31NO2. The minimum absolute atomic E-state index is 0.245. The van der Waals surface area contributed by atoms with E-state index in [-0.39, 0.29) is 5.92 Å². The molecule has 112 valence electrons. The van der Waals surface area contributed by atoms with Crippen LogP contribution in [0.5, 0.6) is 0 Å². The van der Waals surface area contributed by atoms with Crippen molar-refractivity contribution in [3.05, 3.63) is 0 Å². The lowest BCUT2D eigenvalue weighted by Gasteiger charge is -2.32. The van der Waals surface area contributed by atoms with Crippen LogP contribution in [0.15, 0.2) is 0 Å². The third-order valence-electron chi connectivity index (χ3n) is 4.32. The largest absolute Gasteiger partial charge is 0.481 e. The summed E-state index contributed by atoms with van der Waals surface area (Å²) in [6.07, 6.45) is 11.6. The number of rotatable bonds is 8. The molecule has 1 rings (SSSR count). The van der Waals surface area contributed by atoms with Crippen LogP contribution in [0, 0.1) is 5.92 Å². The maximum Gasteiger partial charge on any atom is 0.307 e. The van der Waals surface area contributed by atoms with Gasteiger partial charge in [0.25, 0.3) is 0 Å². The van der Waals surface area contributed by atoms with Gasteiger partial charge in [-0.1, -0.05) is 52.4 Å². The summed E-state index contributed by atoms with van der Waals surface area (Å²) >= 11 is 0. The predicted molar refractivity (Wildman–Crippen MR) is 79.4 cm³/mol. The predicted octanol–water partition coefficient (Wildman–Crippen LogP) is 3.92. The van der Waals surface area contributed by atoms with Crippen LogP contribution in [0.4, 0.5) is 0 Å². The Morgan fingerprint density at radius 1 is 1.21 bits per heavy atom. The molecule has 0 spiro atoms. The maximum atomic E-state index is 11.1. The van der Waals surface area contributed by atoms with E-state index in [1.165, 1.54) is 57.8 Å². The summed E-state index contributed by atoms with van der Waals surface area (Å²) in [5.74, 6) is -0.904. The molecule has 1 N–H and O–H groups in total. The van der Waals surface area contributed by atoms with Gasteiger partial charge in [-0.05, 0) is 25.8 Å². The molecular weight excluding hydrogens is 238 g/mol. The summed E-state index contributed by atoms with van der Waals surface area (Å²) in [6.45, 7) is 5.86. The summed E-state index contributed by atoms with van der Waals surface area (Å²) in [7, 11) is 0. The lowest BCUT2D eigenvalue weighted by atomic mass is 10.0. The van der Waals surface area contributed by atoms with Crippen molar-refractivity contribution in [2.75, 3.05) is 13.1 Å². The van der Waals surface area contributed by atoms with E-state index in [2.05, 4.69) is 11.8 Å². The van der Waals surface area contributed by atoms with E-state index >= 15 is 0 Å². The molecule has 0 aromatic heterocycles. The van der Waals surface area contributed by atoms with Gasteiger partial charge in [0.1, 0.15) is 0 Å². The van der Waals surface area contributed by atoms with E-state index < -0.39 is 5.97 Å². The van der Waals surface area contributed by atoms with Crippen LogP contribution in [0.3, 0.4) is 0 Å². The number of carbonyl (C=O) groups is 1. The fourth-order valence-electron chi connectivity index (χ4n) is 3.04. The quantitative estimate of drug-likeness (QED) is 0.536. The normalized spacial score (nSPS) is 19.3. The fraction of sp³-hybridized carbons (Fsp3) is 0.938. The first kappa shape index (κ1) is 16.5. The van der Waals surface area contributed by atoms with Crippen molar-refractivity contribution in [2.24, 2.45) is 5.92 Å². The summed E-state index contributed by atoms with van der Waals surface area (Å²) in [4.78, 5) is 13.6. The number of hydrogen-bond donors (Lipinski definition) is 1. The Bertz CT molecular complexity index is 247. The van der Waals surface area contributed by atoms with Crippen LogP contribution >= 0.6 is 0 Å². The highest BCUT2D eigenvalue weighted by Gasteiger charge is 2.23. The molecule has 0 aromatic rings. The number of aliphatic carboxylic acids is 1. The first-order valence-electron chi connectivity index (χ1n) is 8.12. The zero-order valence-electron chi connectivity index (χ0n) is 12.7. The van der Waals surface area contributed by atoms with Crippen LogP contribution in [0.2, 0.25) is 0 Å². The summed E-state index contributed by atoms with van der Waals surface area (Å²) in [5.41, 5.74) is 0. The molecule has 0 aliphatic heterocycles. The number of hydrogen-bond acceptors (Lipinski definition) is 2. The molecule has 0 radical (unpaired) electrons. The van der Waals surface area contributed by atoms with Crippen LogP contribution in [-0.4, -0.2) is 35.1 Å². The summed E-state index contributed by atoms with van der Waals surface area (Å²) < 4.78 is 0. The third kappa shape index (κ3) is 6.42. The van der Waals surface area contributed by atoms with Crippen LogP contribution < -0.4 is 0 Å². The van der Waals surface area contributed by atoms with Crippen molar-refractivity contribution >= 4 is 5.97 Å². The minimum Gasteiger partial charge on any atom is -0.481 e. The highest BCUT2D eigenvalue weighted by molar-refractivity contribution is 5.69. The van der Waals surface area contributed by atoms with Crippen LogP contribution in [-0.2, 0) is 4.79 Å². The second-order valence-electron chi connectivity index (χ2n) is 6.09. The Kier molecular flexibility index (Phi) is 8.11. The second kappa shape index (κ2) is 9.35. The van der Waals surface area contributed by atoms with E-state index in [0.717, 1.165) is 13.1 Å². The minimum atomic E-state index is -0.658. The maximum absolute atomic E-state index is 11.1. The van der Waals surface area contributed by atoms with E-state index in [9.17, 15) is 4.79 Å². The molecule has 1 aliphatic carbocycles. The molecule has 1 aliphatic rings. The van der Waals surface area contributed by atoms with Gasteiger partial charge >= 0.3 is 5.97 Å². The van der Waals surface area contributed by atoms with Gasteiger partial charge in [0.05, 0.1) is 5.92 Å². The molecule has 3 nitrogen and oxygen atoms in total. The Hall–Kier alpha value is -0.570. The van der Waals surface area contributed by atoms with Crippen molar-refractivity contribution in [1.29, 1.82) is 0 Å². The molecule has 0 saturated heterocycles. The van der Waals surface area contributed by atoms with Gasteiger partial charge in [0.2, 0.25) is 0 Å². The SMILES string of the molecule is CCCCCN(CC(C)C(=O)O)C1CCCCCC1. The van der Waals surface area contributed by atoms with Gasteiger partial charge < -0.3 is 5.11 Å². The molecule has 0 heterocycles. The van der Waals surface area contributed by atoms with Gasteiger partial charge in [-0.2, -0.15) is 0 Å². The van der Waals surface area contributed by atoms with Gasteiger partial charge in [-0.15, -0.1) is 0 Å². The molecule has 0 bridgehead atoms. The van der Waals surface area contributed by atoms with Gasteiger partial charge in [-0.3, -0.25) is 9.69 Å². The lowest BCUT2D eigenvalue weighted by molar-refractivity contribution is -0.142. The number of nitrogens with zero attached hydrogens (tertiary/aromatic N) is 1. The van der Waals surface area contributed by atoms with Crippen LogP contribution in [0.25, 0.3) is 0 Å². The number of carboxylic acids is 1. The van der Waals surface area contributed by atoms with Crippen molar-refractivity contribution in [3.63, 3.8) is 0 Å². The summed E-state index contributed by atoms with van der Waals surface area (Å²) in [5, 5.41) is 9.13. The van der Waals surface area contributed by atoms with Crippen LogP contribution in [0.1, 0.15) is 71.6 Å². The molecule has 1 fully saturated rings. The Labute approximate surface area is 118 Å². The zero-order chi connectivity index (χ0) is 14.1. The fourth-order valence-corrected chi connectivity index (χ4v) is 3.04. The highest BCUT2D eigenvalue weighted by atomic mass is 16.4. The Morgan fingerprint density at radius 2 is 1.84 bits per heavy atom. The van der Waals surface area contributed by atoms with E-state index in [0.29, 0.717) is 6.04 Å². The van der Waals surface area contributed by atoms with Gasteiger partial charge in [0.15, 0.2) is 0 Å².